The highest BCUT2D eigenvalue weighted by Crippen LogP contribution is 2.43. The van der Waals surface area contributed by atoms with Gasteiger partial charge in [-0.05, 0) is 68.2 Å². The molecule has 0 bridgehead atoms. The summed E-state index contributed by atoms with van der Waals surface area (Å²) in [5, 5.41) is 0.0249. The van der Waals surface area contributed by atoms with Gasteiger partial charge in [0.25, 0.3) is 11.8 Å². The van der Waals surface area contributed by atoms with Crippen molar-refractivity contribution in [3.63, 3.8) is 0 Å². The number of aromatic nitrogens is 3. The largest absolute Gasteiger partial charge is 0.481 e. The molecule has 2 amide bonds. The molecule has 1 atom stereocenters. The van der Waals surface area contributed by atoms with Gasteiger partial charge in [0.15, 0.2) is 17.5 Å². The minimum absolute atomic E-state index is 0.0249. The van der Waals surface area contributed by atoms with Crippen LogP contribution in [0.15, 0.2) is 30.3 Å². The minimum Gasteiger partial charge on any atom is -0.481 e. The molecule has 2 aromatic heterocycles. The average molecular weight is 578 g/mol. The molecule has 41 heavy (non-hydrogen) atoms. The topological polar surface area (TPSA) is 80.6 Å². The quantitative estimate of drug-likeness (QED) is 0.366. The lowest BCUT2D eigenvalue weighted by atomic mass is 9.93. The molecule has 2 saturated carbocycles. The van der Waals surface area contributed by atoms with Crippen molar-refractivity contribution >= 4 is 23.4 Å². The standard InChI is InChI=1S/C31H33ClFN5O3/c1-36(20-8-9-20)31(40)24-11-12-25(30(32)35-24)41-17-27(39)38-15-13-23-29(37-14-3-2-4-26(37)34-23)28(38)21-10-7-19(16-22(21)33)18-5-6-18/h7,10-12,16,18,20,28H,2-6,8-9,13-15,17H2,1H3. The Labute approximate surface area is 243 Å². The van der Waals surface area contributed by atoms with Crippen LogP contribution in [-0.2, 0) is 24.2 Å². The molecule has 2 aliphatic carbocycles. The summed E-state index contributed by atoms with van der Waals surface area (Å²) in [6.07, 6.45) is 7.78. The molecule has 0 spiro atoms. The molecule has 2 fully saturated rings. The molecule has 1 unspecified atom stereocenters. The van der Waals surface area contributed by atoms with Crippen LogP contribution in [0.3, 0.4) is 0 Å². The van der Waals surface area contributed by atoms with Crippen molar-refractivity contribution < 1.29 is 18.7 Å². The fraction of sp³-hybridized carbons (Fsp3) is 0.484. The fourth-order valence-electron chi connectivity index (χ4n) is 6.25. The molecular weight excluding hydrogens is 545 g/mol. The number of halogens is 2. The second kappa shape index (κ2) is 10.4. The summed E-state index contributed by atoms with van der Waals surface area (Å²) in [4.78, 5) is 38.9. The van der Waals surface area contributed by atoms with Crippen LogP contribution in [0.1, 0.15) is 89.3 Å². The van der Waals surface area contributed by atoms with Gasteiger partial charge >= 0.3 is 0 Å². The number of aryl methyl sites for hydroxylation is 1. The Morgan fingerprint density at radius 1 is 1.07 bits per heavy atom. The van der Waals surface area contributed by atoms with Crippen LogP contribution >= 0.6 is 11.6 Å². The Hall–Kier alpha value is -3.46. The zero-order valence-corrected chi connectivity index (χ0v) is 23.9. The molecule has 0 radical (unpaired) electrons. The van der Waals surface area contributed by atoms with Crippen LogP contribution in [0.5, 0.6) is 5.75 Å². The van der Waals surface area contributed by atoms with Gasteiger partial charge in [0.05, 0.1) is 11.4 Å². The van der Waals surface area contributed by atoms with Crippen LogP contribution in [0.4, 0.5) is 4.39 Å². The third-order valence-corrected chi connectivity index (χ3v) is 9.11. The van der Waals surface area contributed by atoms with E-state index in [-0.39, 0.29) is 46.9 Å². The maximum Gasteiger partial charge on any atom is 0.272 e. The van der Waals surface area contributed by atoms with Gasteiger partial charge in [-0.3, -0.25) is 9.59 Å². The fourth-order valence-corrected chi connectivity index (χ4v) is 6.46. The number of ether oxygens (including phenoxy) is 1. The molecular formula is C31H33ClFN5O3. The first-order valence-corrected chi connectivity index (χ1v) is 15.0. The molecule has 3 aromatic rings. The second-order valence-electron chi connectivity index (χ2n) is 11.7. The van der Waals surface area contributed by atoms with E-state index in [1.807, 2.05) is 12.1 Å². The highest BCUT2D eigenvalue weighted by Gasteiger charge is 2.39. The number of fused-ring (bicyclic) bond motifs is 3. The van der Waals surface area contributed by atoms with Crippen molar-refractivity contribution in [2.24, 2.45) is 0 Å². The Morgan fingerprint density at radius 3 is 2.63 bits per heavy atom. The first kappa shape index (κ1) is 26.4. The average Bonchev–Trinajstić information content (AvgIpc) is 3.91. The summed E-state index contributed by atoms with van der Waals surface area (Å²) in [6, 6.07) is 8.31. The van der Waals surface area contributed by atoms with Gasteiger partial charge in [-0.25, -0.2) is 14.4 Å². The van der Waals surface area contributed by atoms with Crippen molar-refractivity contribution in [2.45, 2.75) is 75.9 Å². The Kier molecular flexibility index (Phi) is 6.72. The van der Waals surface area contributed by atoms with E-state index in [9.17, 15) is 9.59 Å². The van der Waals surface area contributed by atoms with E-state index in [1.54, 1.807) is 35.0 Å². The predicted molar refractivity (Wildman–Crippen MR) is 151 cm³/mol. The Morgan fingerprint density at radius 2 is 1.90 bits per heavy atom. The number of hydrogen-bond acceptors (Lipinski definition) is 5. The molecule has 0 N–H and O–H groups in total. The molecule has 0 saturated heterocycles. The molecule has 10 heteroatoms. The minimum atomic E-state index is -0.589. The number of benzene rings is 1. The predicted octanol–water partition coefficient (Wildman–Crippen LogP) is 5.07. The molecule has 214 valence electrons. The van der Waals surface area contributed by atoms with Gasteiger partial charge in [0.2, 0.25) is 0 Å². The van der Waals surface area contributed by atoms with Crippen molar-refractivity contribution in [3.05, 3.63) is 75.3 Å². The summed E-state index contributed by atoms with van der Waals surface area (Å²) in [6.45, 7) is 0.940. The van der Waals surface area contributed by atoms with Gasteiger partial charge in [0.1, 0.15) is 23.4 Å². The van der Waals surface area contributed by atoms with Crippen LogP contribution in [-0.4, -0.2) is 62.4 Å². The molecule has 8 nitrogen and oxygen atoms in total. The van der Waals surface area contributed by atoms with E-state index in [1.165, 1.54) is 0 Å². The van der Waals surface area contributed by atoms with E-state index in [0.29, 0.717) is 24.4 Å². The monoisotopic (exact) mass is 577 g/mol. The lowest BCUT2D eigenvalue weighted by Crippen LogP contribution is -2.44. The number of imidazole rings is 1. The summed E-state index contributed by atoms with van der Waals surface area (Å²) in [5.41, 5.74) is 3.61. The number of carbonyl (C=O) groups excluding carboxylic acids is 2. The summed E-state index contributed by atoms with van der Waals surface area (Å²) < 4.78 is 23.8. The van der Waals surface area contributed by atoms with Gasteiger partial charge < -0.3 is 19.1 Å². The zero-order valence-electron chi connectivity index (χ0n) is 23.1. The number of carbonyl (C=O) groups is 2. The lowest BCUT2D eigenvalue weighted by molar-refractivity contribution is -0.135. The molecule has 7 rings (SSSR count). The highest BCUT2D eigenvalue weighted by molar-refractivity contribution is 6.31. The first-order valence-electron chi connectivity index (χ1n) is 14.6. The van der Waals surface area contributed by atoms with Crippen molar-refractivity contribution in [1.82, 2.24) is 24.3 Å². The molecule has 2 aliphatic heterocycles. The van der Waals surface area contributed by atoms with E-state index in [0.717, 1.165) is 74.3 Å². The molecule has 4 heterocycles. The SMILES string of the molecule is CN(C(=O)c1ccc(OCC(=O)N2CCc3nc4n(c3C2c2ccc(C3CC3)cc2F)CCCC4)c(Cl)n1)C1CC1. The first-order chi connectivity index (χ1) is 19.9. The lowest BCUT2D eigenvalue weighted by Gasteiger charge is -2.37. The number of nitrogens with zero attached hydrogens (tertiary/aromatic N) is 5. The maximum absolute atomic E-state index is 15.8. The van der Waals surface area contributed by atoms with Crippen LogP contribution in [0.25, 0.3) is 0 Å². The number of hydrogen-bond donors (Lipinski definition) is 0. The second-order valence-corrected chi connectivity index (χ2v) is 12.0. The van der Waals surface area contributed by atoms with Crippen molar-refractivity contribution in [1.29, 1.82) is 0 Å². The summed E-state index contributed by atoms with van der Waals surface area (Å²) in [7, 11) is 1.76. The van der Waals surface area contributed by atoms with Crippen molar-refractivity contribution in [3.8, 4) is 5.75 Å². The van der Waals surface area contributed by atoms with E-state index in [4.69, 9.17) is 21.3 Å². The normalized spacial score (nSPS) is 19.9. The van der Waals surface area contributed by atoms with E-state index < -0.39 is 6.04 Å². The maximum atomic E-state index is 15.8. The third-order valence-electron chi connectivity index (χ3n) is 8.84. The van der Waals surface area contributed by atoms with Crippen LogP contribution in [0, 0.1) is 5.82 Å². The van der Waals surface area contributed by atoms with Crippen LogP contribution in [0.2, 0.25) is 5.15 Å². The van der Waals surface area contributed by atoms with Gasteiger partial charge in [-0.1, -0.05) is 23.7 Å². The number of amides is 2. The summed E-state index contributed by atoms with van der Waals surface area (Å²) in [5.74, 6) is 0.919. The Balaban J connectivity index is 1.15. The van der Waals surface area contributed by atoms with Crippen molar-refractivity contribution in [2.75, 3.05) is 20.2 Å². The molecule has 4 aliphatic rings. The van der Waals surface area contributed by atoms with Gasteiger partial charge in [-0.15, -0.1) is 0 Å². The van der Waals surface area contributed by atoms with E-state index >= 15 is 4.39 Å². The smallest absolute Gasteiger partial charge is 0.272 e. The van der Waals surface area contributed by atoms with Crippen LogP contribution < -0.4 is 4.74 Å². The molecule has 1 aromatic carbocycles. The summed E-state index contributed by atoms with van der Waals surface area (Å²) >= 11 is 6.37. The highest BCUT2D eigenvalue weighted by atomic mass is 35.5. The Bertz CT molecular complexity index is 1530. The zero-order chi connectivity index (χ0) is 28.2. The van der Waals surface area contributed by atoms with Gasteiger partial charge in [-0.2, -0.15) is 0 Å². The number of pyridine rings is 1. The van der Waals surface area contributed by atoms with Gasteiger partial charge in [0, 0.05) is 44.6 Å². The third kappa shape index (κ3) is 4.98. The number of rotatable bonds is 7. The van der Waals surface area contributed by atoms with E-state index in [2.05, 4.69) is 9.55 Å².